The Morgan fingerprint density at radius 2 is 1.67 bits per heavy atom. The lowest BCUT2D eigenvalue weighted by molar-refractivity contribution is -0.119. The standard InChI is InChI=1S/C16H15F3N4O3S/c17-9-1-3-10(4-2-9)23-27(25,26)16-12(8-20-22-16)15(24)21-11-5-6-13(18)14(19)7-11/h1-7,12,16,20,22-23H,8H2,(H,21,24). The number of sulfonamides is 1. The average molecular weight is 400 g/mol. The number of halogens is 3. The summed E-state index contributed by atoms with van der Waals surface area (Å²) < 4.78 is 66.6. The SMILES string of the molecule is O=C(Nc1ccc(F)c(F)c1)C1CNNC1S(=O)(=O)Nc1ccc(F)cc1. The Kier molecular flexibility index (Phi) is 5.35. The molecule has 2 aromatic carbocycles. The molecule has 4 N–H and O–H groups in total. The minimum atomic E-state index is -4.07. The topological polar surface area (TPSA) is 99.3 Å². The molecule has 11 heteroatoms. The van der Waals surface area contributed by atoms with Crippen molar-refractivity contribution in [1.82, 2.24) is 10.9 Å². The zero-order valence-electron chi connectivity index (χ0n) is 13.7. The molecule has 2 atom stereocenters. The molecular weight excluding hydrogens is 385 g/mol. The molecular formula is C16H15F3N4O3S. The van der Waals surface area contributed by atoms with Crippen LogP contribution in [0.5, 0.6) is 0 Å². The van der Waals surface area contributed by atoms with E-state index in [2.05, 4.69) is 20.9 Å². The van der Waals surface area contributed by atoms with Crippen molar-refractivity contribution in [2.24, 2.45) is 5.92 Å². The maximum absolute atomic E-state index is 13.3. The molecule has 2 unspecified atom stereocenters. The summed E-state index contributed by atoms with van der Waals surface area (Å²) in [6.07, 6.45) is 0. The first-order valence-electron chi connectivity index (χ1n) is 7.78. The summed E-state index contributed by atoms with van der Waals surface area (Å²) in [5, 5.41) is 1.02. The van der Waals surface area contributed by atoms with Crippen LogP contribution in [-0.4, -0.2) is 26.2 Å². The number of rotatable bonds is 5. The lowest BCUT2D eigenvalue weighted by atomic mass is 10.1. The summed E-state index contributed by atoms with van der Waals surface area (Å²) in [6, 6.07) is 7.46. The summed E-state index contributed by atoms with van der Waals surface area (Å²) in [7, 11) is -4.07. The van der Waals surface area contributed by atoms with Crippen molar-refractivity contribution >= 4 is 27.3 Å². The summed E-state index contributed by atoms with van der Waals surface area (Å²) in [5.74, 6) is -4.50. The van der Waals surface area contributed by atoms with Gasteiger partial charge < -0.3 is 5.32 Å². The van der Waals surface area contributed by atoms with Crippen LogP contribution in [0.4, 0.5) is 24.5 Å². The van der Waals surface area contributed by atoms with Gasteiger partial charge in [0, 0.05) is 24.0 Å². The molecule has 1 amide bonds. The van der Waals surface area contributed by atoms with Crippen molar-refractivity contribution in [1.29, 1.82) is 0 Å². The third kappa shape index (κ3) is 4.38. The van der Waals surface area contributed by atoms with Crippen LogP contribution in [-0.2, 0) is 14.8 Å². The minimum absolute atomic E-state index is 0.00607. The van der Waals surface area contributed by atoms with Crippen LogP contribution in [0.15, 0.2) is 42.5 Å². The molecule has 0 spiro atoms. The van der Waals surface area contributed by atoms with Crippen LogP contribution in [0.25, 0.3) is 0 Å². The highest BCUT2D eigenvalue weighted by Gasteiger charge is 2.42. The number of carbonyl (C=O) groups excluding carboxylic acids is 1. The highest BCUT2D eigenvalue weighted by molar-refractivity contribution is 7.93. The van der Waals surface area contributed by atoms with E-state index in [9.17, 15) is 26.4 Å². The van der Waals surface area contributed by atoms with Crippen molar-refractivity contribution in [3.8, 4) is 0 Å². The average Bonchev–Trinajstić information content (AvgIpc) is 3.11. The third-order valence-corrected chi connectivity index (χ3v) is 5.53. The van der Waals surface area contributed by atoms with Gasteiger partial charge in [-0.2, -0.15) is 0 Å². The smallest absolute Gasteiger partial charge is 0.250 e. The number of carbonyl (C=O) groups is 1. The molecule has 2 aromatic rings. The lowest BCUT2D eigenvalue weighted by Crippen LogP contribution is -2.45. The third-order valence-electron chi connectivity index (χ3n) is 3.89. The maximum atomic E-state index is 13.3. The molecule has 1 saturated heterocycles. The van der Waals surface area contributed by atoms with Crippen LogP contribution >= 0.6 is 0 Å². The van der Waals surface area contributed by atoms with Gasteiger partial charge in [-0.15, -0.1) is 0 Å². The number of anilines is 2. The lowest BCUT2D eigenvalue weighted by Gasteiger charge is -2.19. The zero-order valence-corrected chi connectivity index (χ0v) is 14.5. The number of hydrazine groups is 1. The van der Waals surface area contributed by atoms with Crippen molar-refractivity contribution in [3.05, 3.63) is 59.9 Å². The molecule has 1 aliphatic heterocycles. The fourth-order valence-corrected chi connectivity index (χ4v) is 4.04. The van der Waals surface area contributed by atoms with E-state index in [1.807, 2.05) is 0 Å². The highest BCUT2D eigenvalue weighted by Crippen LogP contribution is 2.21. The minimum Gasteiger partial charge on any atom is -0.326 e. The Hall–Kier alpha value is -2.63. The van der Waals surface area contributed by atoms with E-state index in [-0.39, 0.29) is 17.9 Å². The normalized spacial score (nSPS) is 19.7. The number of benzene rings is 2. The monoisotopic (exact) mass is 400 g/mol. The summed E-state index contributed by atoms with van der Waals surface area (Å²) in [6.45, 7) is -0.00942. The number of hydrogen-bond acceptors (Lipinski definition) is 5. The molecule has 144 valence electrons. The van der Waals surface area contributed by atoms with Crippen molar-refractivity contribution in [2.75, 3.05) is 16.6 Å². The zero-order chi connectivity index (χ0) is 19.6. The molecule has 0 aliphatic carbocycles. The predicted molar refractivity (Wildman–Crippen MR) is 92.3 cm³/mol. The van der Waals surface area contributed by atoms with E-state index >= 15 is 0 Å². The molecule has 3 rings (SSSR count). The maximum Gasteiger partial charge on any atom is 0.250 e. The second-order valence-electron chi connectivity index (χ2n) is 5.82. The Bertz CT molecular complexity index is 954. The van der Waals surface area contributed by atoms with Gasteiger partial charge >= 0.3 is 0 Å². The van der Waals surface area contributed by atoms with Crippen LogP contribution < -0.4 is 20.9 Å². The summed E-state index contributed by atoms with van der Waals surface area (Å²) in [4.78, 5) is 12.4. The quantitative estimate of drug-likeness (QED) is 0.610. The van der Waals surface area contributed by atoms with E-state index in [0.717, 1.165) is 30.3 Å². The molecule has 0 bridgehead atoms. The summed E-state index contributed by atoms with van der Waals surface area (Å²) in [5.41, 5.74) is 5.21. The molecule has 27 heavy (non-hydrogen) atoms. The van der Waals surface area contributed by atoms with Gasteiger partial charge in [-0.3, -0.25) is 14.9 Å². The van der Waals surface area contributed by atoms with Crippen molar-refractivity contribution < 1.29 is 26.4 Å². The van der Waals surface area contributed by atoms with Gasteiger partial charge in [0.2, 0.25) is 5.91 Å². The van der Waals surface area contributed by atoms with Gasteiger partial charge in [0.25, 0.3) is 10.0 Å². The van der Waals surface area contributed by atoms with Crippen molar-refractivity contribution in [2.45, 2.75) is 5.37 Å². The van der Waals surface area contributed by atoms with E-state index in [4.69, 9.17) is 0 Å². The Balaban J connectivity index is 1.74. The van der Waals surface area contributed by atoms with Crippen molar-refractivity contribution in [3.63, 3.8) is 0 Å². The molecule has 0 aromatic heterocycles. The first-order chi connectivity index (χ1) is 12.8. The van der Waals surface area contributed by atoms with E-state index in [1.165, 1.54) is 12.1 Å². The first kappa shape index (κ1) is 19.1. The molecule has 1 aliphatic rings. The van der Waals surface area contributed by atoms with Crippen LogP contribution in [0, 0.1) is 23.4 Å². The molecule has 7 nitrogen and oxygen atoms in total. The second kappa shape index (κ2) is 7.55. The fraction of sp³-hybridized carbons (Fsp3) is 0.188. The van der Waals surface area contributed by atoms with Gasteiger partial charge in [0.1, 0.15) is 5.82 Å². The first-order valence-corrected chi connectivity index (χ1v) is 9.32. The number of nitrogens with one attached hydrogen (secondary N) is 4. The van der Waals surface area contributed by atoms with Gasteiger partial charge in [-0.05, 0) is 36.4 Å². The van der Waals surface area contributed by atoms with Gasteiger partial charge in [-0.1, -0.05) is 0 Å². The Labute approximate surface area is 153 Å². The Morgan fingerprint density at radius 1 is 1.00 bits per heavy atom. The van der Waals surface area contributed by atoms with Gasteiger partial charge in [0.15, 0.2) is 17.0 Å². The summed E-state index contributed by atoms with van der Waals surface area (Å²) >= 11 is 0. The second-order valence-corrected chi connectivity index (χ2v) is 7.63. The molecule has 0 radical (unpaired) electrons. The van der Waals surface area contributed by atoms with Crippen LogP contribution in [0.1, 0.15) is 0 Å². The molecule has 1 fully saturated rings. The number of amides is 1. The highest BCUT2D eigenvalue weighted by atomic mass is 32.2. The Morgan fingerprint density at radius 3 is 2.33 bits per heavy atom. The predicted octanol–water partition coefficient (Wildman–Crippen LogP) is 1.53. The van der Waals surface area contributed by atoms with Crippen LogP contribution in [0.2, 0.25) is 0 Å². The van der Waals surface area contributed by atoms with Gasteiger partial charge in [0.05, 0.1) is 5.92 Å². The van der Waals surface area contributed by atoms with E-state index in [1.54, 1.807) is 0 Å². The van der Waals surface area contributed by atoms with E-state index < -0.39 is 44.7 Å². The van der Waals surface area contributed by atoms with Crippen LogP contribution in [0.3, 0.4) is 0 Å². The molecule has 1 heterocycles. The number of hydrogen-bond donors (Lipinski definition) is 4. The largest absolute Gasteiger partial charge is 0.326 e. The van der Waals surface area contributed by atoms with E-state index in [0.29, 0.717) is 0 Å². The fourth-order valence-electron chi connectivity index (χ4n) is 2.56. The molecule has 0 saturated carbocycles. The van der Waals surface area contributed by atoms with Gasteiger partial charge in [-0.25, -0.2) is 27.0 Å².